The molecular formula is C11H13N3O4. The van der Waals surface area contributed by atoms with E-state index in [-0.39, 0.29) is 6.54 Å². The fraction of sp³-hybridized carbons (Fsp3) is 0.364. The van der Waals surface area contributed by atoms with Crippen LogP contribution in [0.25, 0.3) is 11.6 Å². The molecule has 2 heterocycles. The normalized spacial score (nSPS) is 10.7. The summed E-state index contributed by atoms with van der Waals surface area (Å²) in [5.74, 6) is -0.0751. The summed E-state index contributed by atoms with van der Waals surface area (Å²) in [5.41, 5.74) is 0.591. The second kappa shape index (κ2) is 5.46. The summed E-state index contributed by atoms with van der Waals surface area (Å²) in [6.07, 6.45) is 2.21. The van der Waals surface area contributed by atoms with Gasteiger partial charge in [0.25, 0.3) is 5.89 Å². The van der Waals surface area contributed by atoms with Crippen molar-refractivity contribution in [2.24, 2.45) is 0 Å². The van der Waals surface area contributed by atoms with Gasteiger partial charge in [-0.05, 0) is 12.1 Å². The molecule has 0 saturated carbocycles. The fourth-order valence-corrected chi connectivity index (χ4v) is 1.54. The quantitative estimate of drug-likeness (QED) is 0.817. The molecule has 0 aliphatic carbocycles. The van der Waals surface area contributed by atoms with E-state index < -0.39 is 5.97 Å². The van der Waals surface area contributed by atoms with Gasteiger partial charge in [0.1, 0.15) is 12.2 Å². The summed E-state index contributed by atoms with van der Waals surface area (Å²) in [6.45, 7) is 0.368. The topological polar surface area (TPSA) is 90.4 Å². The van der Waals surface area contributed by atoms with Crippen molar-refractivity contribution in [3.63, 3.8) is 0 Å². The van der Waals surface area contributed by atoms with Crippen molar-refractivity contribution in [1.82, 2.24) is 14.7 Å². The Morgan fingerprint density at radius 1 is 1.61 bits per heavy atom. The molecule has 7 heteroatoms. The van der Waals surface area contributed by atoms with Gasteiger partial charge in [-0.3, -0.25) is 4.79 Å². The maximum absolute atomic E-state index is 10.7. The number of carboxylic acids is 1. The molecule has 0 radical (unpaired) electrons. The van der Waals surface area contributed by atoms with Gasteiger partial charge in [-0.1, -0.05) is 5.16 Å². The van der Waals surface area contributed by atoms with E-state index in [2.05, 4.69) is 10.1 Å². The summed E-state index contributed by atoms with van der Waals surface area (Å²) in [4.78, 5) is 14.9. The first-order valence-corrected chi connectivity index (χ1v) is 5.39. The highest BCUT2D eigenvalue weighted by Crippen LogP contribution is 2.18. The van der Waals surface area contributed by atoms with Crippen LogP contribution in [0.2, 0.25) is 0 Å². The number of ether oxygens (including phenoxy) is 1. The number of nitrogens with zero attached hydrogens (tertiary/aromatic N) is 3. The van der Waals surface area contributed by atoms with Crippen LogP contribution in [0.5, 0.6) is 0 Å². The summed E-state index contributed by atoms with van der Waals surface area (Å²) < 4.78 is 11.6. The Hall–Kier alpha value is -2.15. The molecule has 0 bridgehead atoms. The van der Waals surface area contributed by atoms with E-state index in [1.807, 2.05) is 0 Å². The Balaban J connectivity index is 2.18. The Morgan fingerprint density at radius 2 is 2.44 bits per heavy atom. The van der Waals surface area contributed by atoms with Gasteiger partial charge in [0, 0.05) is 19.7 Å². The van der Waals surface area contributed by atoms with Crippen LogP contribution in [0.15, 0.2) is 22.9 Å². The average Bonchev–Trinajstić information content (AvgIpc) is 2.93. The highest BCUT2D eigenvalue weighted by molar-refractivity contribution is 5.67. The van der Waals surface area contributed by atoms with E-state index in [0.29, 0.717) is 30.4 Å². The molecule has 0 atom stereocenters. The van der Waals surface area contributed by atoms with E-state index in [1.54, 1.807) is 25.4 Å². The third kappa shape index (κ3) is 2.75. The van der Waals surface area contributed by atoms with Gasteiger partial charge >= 0.3 is 5.97 Å². The Kier molecular flexibility index (Phi) is 3.73. The van der Waals surface area contributed by atoms with Gasteiger partial charge in [0.05, 0.1) is 6.61 Å². The maximum atomic E-state index is 10.7. The van der Waals surface area contributed by atoms with Crippen molar-refractivity contribution in [1.29, 1.82) is 0 Å². The SMILES string of the molecule is COCCc1noc(-c2cccn2CC(=O)O)n1. The molecule has 1 N–H and O–H groups in total. The lowest BCUT2D eigenvalue weighted by Gasteiger charge is -2.01. The van der Waals surface area contributed by atoms with Gasteiger partial charge in [-0.25, -0.2) is 0 Å². The zero-order valence-electron chi connectivity index (χ0n) is 9.87. The highest BCUT2D eigenvalue weighted by atomic mass is 16.5. The number of hydrogen-bond donors (Lipinski definition) is 1. The van der Waals surface area contributed by atoms with E-state index in [1.165, 1.54) is 4.57 Å². The van der Waals surface area contributed by atoms with Crippen molar-refractivity contribution in [2.75, 3.05) is 13.7 Å². The van der Waals surface area contributed by atoms with E-state index in [9.17, 15) is 4.79 Å². The van der Waals surface area contributed by atoms with E-state index in [4.69, 9.17) is 14.4 Å². The molecule has 0 unspecified atom stereocenters. The van der Waals surface area contributed by atoms with Crippen LogP contribution in [-0.4, -0.2) is 39.5 Å². The van der Waals surface area contributed by atoms with Gasteiger partial charge in [-0.15, -0.1) is 0 Å². The first-order chi connectivity index (χ1) is 8.70. The van der Waals surface area contributed by atoms with Crippen LogP contribution in [0.1, 0.15) is 5.82 Å². The molecule has 0 aliphatic rings. The Bertz CT molecular complexity index is 532. The van der Waals surface area contributed by atoms with Crippen LogP contribution in [0.3, 0.4) is 0 Å². The van der Waals surface area contributed by atoms with Gasteiger partial charge in [-0.2, -0.15) is 4.98 Å². The molecule has 0 amide bonds. The lowest BCUT2D eigenvalue weighted by Crippen LogP contribution is -2.08. The first kappa shape index (κ1) is 12.3. The number of methoxy groups -OCH3 is 1. The summed E-state index contributed by atoms with van der Waals surface area (Å²) >= 11 is 0. The predicted molar refractivity (Wildman–Crippen MR) is 60.9 cm³/mol. The summed E-state index contributed by atoms with van der Waals surface area (Å²) in [7, 11) is 1.60. The zero-order chi connectivity index (χ0) is 13.0. The number of aliphatic carboxylic acids is 1. The van der Waals surface area contributed by atoms with Gasteiger partial charge in [0.15, 0.2) is 5.82 Å². The molecule has 2 aromatic rings. The van der Waals surface area contributed by atoms with Crippen LogP contribution >= 0.6 is 0 Å². The second-order valence-corrected chi connectivity index (χ2v) is 3.67. The van der Waals surface area contributed by atoms with Gasteiger partial charge in [0.2, 0.25) is 0 Å². The van der Waals surface area contributed by atoms with Crippen LogP contribution in [0, 0.1) is 0 Å². The molecule has 0 saturated heterocycles. The molecule has 0 aromatic carbocycles. The van der Waals surface area contributed by atoms with Crippen molar-refractivity contribution in [3.05, 3.63) is 24.2 Å². The second-order valence-electron chi connectivity index (χ2n) is 3.67. The third-order valence-corrected chi connectivity index (χ3v) is 2.35. The minimum atomic E-state index is -0.924. The number of hydrogen-bond acceptors (Lipinski definition) is 5. The summed E-state index contributed by atoms with van der Waals surface area (Å²) in [5, 5.41) is 12.6. The molecular weight excluding hydrogens is 238 g/mol. The van der Waals surface area contributed by atoms with Crippen molar-refractivity contribution < 1.29 is 19.2 Å². The minimum Gasteiger partial charge on any atom is -0.480 e. The van der Waals surface area contributed by atoms with Crippen molar-refractivity contribution in [3.8, 4) is 11.6 Å². The van der Waals surface area contributed by atoms with E-state index in [0.717, 1.165) is 0 Å². The van der Waals surface area contributed by atoms with Crippen LogP contribution < -0.4 is 0 Å². The molecule has 96 valence electrons. The van der Waals surface area contributed by atoms with Crippen molar-refractivity contribution >= 4 is 5.97 Å². The number of carbonyl (C=O) groups is 1. The summed E-state index contributed by atoms with van der Waals surface area (Å²) in [6, 6.07) is 3.47. The van der Waals surface area contributed by atoms with Gasteiger partial charge < -0.3 is 18.9 Å². The smallest absolute Gasteiger partial charge is 0.323 e. The van der Waals surface area contributed by atoms with E-state index >= 15 is 0 Å². The monoisotopic (exact) mass is 251 g/mol. The molecule has 0 fully saturated rings. The Labute approximate surface area is 103 Å². The minimum absolute atomic E-state index is 0.141. The van der Waals surface area contributed by atoms with Crippen LogP contribution in [-0.2, 0) is 22.5 Å². The third-order valence-electron chi connectivity index (χ3n) is 2.35. The van der Waals surface area contributed by atoms with Crippen LogP contribution in [0.4, 0.5) is 0 Å². The zero-order valence-corrected chi connectivity index (χ0v) is 9.87. The molecule has 7 nitrogen and oxygen atoms in total. The highest BCUT2D eigenvalue weighted by Gasteiger charge is 2.13. The Morgan fingerprint density at radius 3 is 3.17 bits per heavy atom. The maximum Gasteiger partial charge on any atom is 0.323 e. The predicted octanol–water partition coefficient (Wildman–Crippen LogP) is 0.812. The lowest BCUT2D eigenvalue weighted by molar-refractivity contribution is -0.137. The standard InChI is InChI=1S/C11H13N3O4/c1-17-6-4-9-12-11(18-13-9)8-3-2-5-14(8)7-10(15)16/h2-3,5H,4,6-7H2,1H3,(H,15,16). The fourth-order valence-electron chi connectivity index (χ4n) is 1.54. The number of carboxylic acid groups (broad SMARTS) is 1. The van der Waals surface area contributed by atoms with Crippen molar-refractivity contribution in [2.45, 2.75) is 13.0 Å². The number of aromatic nitrogens is 3. The largest absolute Gasteiger partial charge is 0.480 e. The molecule has 2 aromatic heterocycles. The average molecular weight is 251 g/mol. The lowest BCUT2D eigenvalue weighted by atomic mass is 10.4. The molecule has 18 heavy (non-hydrogen) atoms. The molecule has 0 spiro atoms. The molecule has 0 aliphatic heterocycles. The number of rotatable bonds is 6. The first-order valence-electron chi connectivity index (χ1n) is 5.39. The molecule has 2 rings (SSSR count).